The number of nitrogens with one attached hydrogen (secondary N) is 1. The topological polar surface area (TPSA) is 62.3 Å². The van der Waals surface area contributed by atoms with Crippen LogP contribution in [-0.4, -0.2) is 23.3 Å². The second-order valence-electron chi connectivity index (χ2n) is 8.43. The fraction of sp³-hybridized carbons (Fsp3) is 0.435. The van der Waals surface area contributed by atoms with E-state index in [1.54, 1.807) is 24.4 Å². The summed E-state index contributed by atoms with van der Waals surface area (Å²) >= 11 is 5.89. The Kier molecular flexibility index (Phi) is 5.34. The smallest absolute Gasteiger partial charge is 0.233 e. The molecule has 0 unspecified atom stereocenters. The summed E-state index contributed by atoms with van der Waals surface area (Å²) in [5.41, 5.74) is 1.44. The zero-order chi connectivity index (χ0) is 20.6. The van der Waals surface area contributed by atoms with Crippen LogP contribution < -0.4 is 10.2 Å². The summed E-state index contributed by atoms with van der Waals surface area (Å²) in [6.07, 6.45) is 5.09. The van der Waals surface area contributed by atoms with E-state index in [4.69, 9.17) is 11.6 Å². The van der Waals surface area contributed by atoms with Gasteiger partial charge in [-0.3, -0.25) is 9.59 Å². The van der Waals surface area contributed by atoms with Crippen molar-refractivity contribution in [2.75, 3.05) is 16.8 Å². The molecule has 1 aromatic carbocycles. The molecule has 1 saturated carbocycles. The van der Waals surface area contributed by atoms with E-state index >= 15 is 0 Å². The van der Waals surface area contributed by atoms with Gasteiger partial charge in [-0.25, -0.2) is 4.98 Å². The van der Waals surface area contributed by atoms with Gasteiger partial charge in [-0.05, 0) is 54.9 Å². The number of carbonyl (C=O) groups excluding carboxylic acids is 2. The van der Waals surface area contributed by atoms with Crippen LogP contribution in [0.1, 0.15) is 38.7 Å². The van der Waals surface area contributed by atoms with E-state index in [9.17, 15) is 9.59 Å². The maximum atomic E-state index is 13.4. The lowest BCUT2D eigenvalue weighted by atomic mass is 9.71. The average Bonchev–Trinajstić information content (AvgIpc) is 3.47. The van der Waals surface area contributed by atoms with E-state index in [2.05, 4.69) is 24.1 Å². The highest BCUT2D eigenvalue weighted by Gasteiger charge is 2.57. The Balaban J connectivity index is 1.47. The zero-order valence-electron chi connectivity index (χ0n) is 16.8. The average molecular weight is 412 g/mol. The Morgan fingerprint density at radius 2 is 2.00 bits per heavy atom. The van der Waals surface area contributed by atoms with Crippen molar-refractivity contribution in [1.29, 1.82) is 0 Å². The Morgan fingerprint density at radius 3 is 2.66 bits per heavy atom. The lowest BCUT2D eigenvalue weighted by molar-refractivity contribution is -0.129. The van der Waals surface area contributed by atoms with Crippen LogP contribution in [0.2, 0.25) is 5.02 Å². The lowest BCUT2D eigenvalue weighted by Crippen LogP contribution is -2.40. The molecule has 0 bridgehead atoms. The third kappa shape index (κ3) is 3.88. The quantitative estimate of drug-likeness (QED) is 0.749. The van der Waals surface area contributed by atoms with Crippen molar-refractivity contribution in [3.63, 3.8) is 0 Å². The molecule has 2 aliphatic rings. The summed E-state index contributed by atoms with van der Waals surface area (Å²) in [6.45, 7) is 5.04. The molecule has 2 aromatic rings. The number of nitrogens with zero attached hydrogens (tertiary/aromatic N) is 2. The minimum absolute atomic E-state index is 0.153. The summed E-state index contributed by atoms with van der Waals surface area (Å²) in [5, 5.41) is 3.48. The van der Waals surface area contributed by atoms with Gasteiger partial charge in [0.15, 0.2) is 0 Å². The normalized spacial score (nSPS) is 21.7. The van der Waals surface area contributed by atoms with Gasteiger partial charge >= 0.3 is 0 Å². The van der Waals surface area contributed by atoms with Crippen molar-refractivity contribution in [2.45, 2.75) is 39.5 Å². The first kappa shape index (κ1) is 19.9. The van der Waals surface area contributed by atoms with Crippen LogP contribution in [0.4, 0.5) is 11.5 Å². The van der Waals surface area contributed by atoms with Gasteiger partial charge in [-0.1, -0.05) is 37.6 Å². The molecule has 4 rings (SSSR count). The maximum Gasteiger partial charge on any atom is 0.233 e. The number of pyridine rings is 1. The number of halogens is 1. The number of benzene rings is 1. The lowest BCUT2D eigenvalue weighted by Gasteiger charge is -2.32. The Morgan fingerprint density at radius 1 is 1.28 bits per heavy atom. The summed E-state index contributed by atoms with van der Waals surface area (Å²) in [6, 6.07) is 10.8. The van der Waals surface area contributed by atoms with Gasteiger partial charge in [0.2, 0.25) is 11.8 Å². The SMILES string of the molecule is CC(C)[C@@]1(C2CC2)CCN(c2ccnc(NC(=O)Cc3ccc(Cl)cc3)c2)C1=O. The third-order valence-corrected chi connectivity index (χ3v) is 6.58. The second kappa shape index (κ2) is 7.79. The van der Waals surface area contributed by atoms with E-state index in [1.165, 1.54) is 0 Å². The predicted octanol–water partition coefficient (Wildman–Crippen LogP) is 4.71. The highest BCUT2D eigenvalue weighted by Crippen LogP contribution is 2.56. The molecule has 1 aliphatic heterocycles. The molecule has 2 amide bonds. The molecular weight excluding hydrogens is 386 g/mol. The summed E-state index contributed by atoms with van der Waals surface area (Å²) in [7, 11) is 0. The first-order valence-electron chi connectivity index (χ1n) is 10.2. The van der Waals surface area contributed by atoms with Crippen molar-refractivity contribution in [2.24, 2.45) is 17.3 Å². The van der Waals surface area contributed by atoms with Gasteiger partial charge in [-0.15, -0.1) is 0 Å². The third-order valence-electron chi connectivity index (χ3n) is 6.33. The van der Waals surface area contributed by atoms with Gasteiger partial charge in [0.1, 0.15) is 5.82 Å². The van der Waals surface area contributed by atoms with Gasteiger partial charge in [0.25, 0.3) is 0 Å². The number of aromatic nitrogens is 1. The zero-order valence-corrected chi connectivity index (χ0v) is 17.6. The van der Waals surface area contributed by atoms with Crippen LogP contribution in [0.5, 0.6) is 0 Å². The van der Waals surface area contributed by atoms with Crippen LogP contribution in [-0.2, 0) is 16.0 Å². The molecule has 2 fully saturated rings. The van der Waals surface area contributed by atoms with E-state index in [-0.39, 0.29) is 23.7 Å². The van der Waals surface area contributed by atoms with Gasteiger partial charge in [-0.2, -0.15) is 0 Å². The molecule has 2 heterocycles. The molecule has 1 aromatic heterocycles. The fourth-order valence-corrected chi connectivity index (χ4v) is 4.74. The standard InChI is InChI=1S/C23H26ClN3O2/c1-15(2)23(17-5-6-17)10-12-27(22(23)29)19-9-11-25-20(14-19)26-21(28)13-16-3-7-18(24)8-4-16/h3-4,7-9,11,14-15,17H,5-6,10,12-13H2,1-2H3,(H,25,26,28)/t23-/m1/s1. The molecule has 1 N–H and O–H groups in total. The molecular formula is C23H26ClN3O2. The minimum atomic E-state index is -0.235. The van der Waals surface area contributed by atoms with E-state index in [1.807, 2.05) is 23.1 Å². The number of carbonyl (C=O) groups is 2. The van der Waals surface area contributed by atoms with Crippen LogP contribution in [0.15, 0.2) is 42.6 Å². The molecule has 1 aliphatic carbocycles. The van der Waals surface area contributed by atoms with Crippen molar-refractivity contribution >= 4 is 34.9 Å². The highest BCUT2D eigenvalue weighted by molar-refractivity contribution is 6.30. The monoisotopic (exact) mass is 411 g/mol. The fourth-order valence-electron chi connectivity index (χ4n) is 4.62. The maximum absolute atomic E-state index is 13.4. The van der Waals surface area contributed by atoms with E-state index in [0.717, 1.165) is 37.1 Å². The van der Waals surface area contributed by atoms with E-state index in [0.29, 0.717) is 22.7 Å². The van der Waals surface area contributed by atoms with Crippen LogP contribution in [0, 0.1) is 17.3 Å². The number of amides is 2. The Labute approximate surface area is 176 Å². The Bertz CT molecular complexity index is 920. The second-order valence-corrected chi connectivity index (χ2v) is 8.86. The van der Waals surface area contributed by atoms with Gasteiger partial charge in [0.05, 0.1) is 11.8 Å². The van der Waals surface area contributed by atoms with Crippen molar-refractivity contribution in [3.8, 4) is 0 Å². The molecule has 0 spiro atoms. The number of rotatable bonds is 6. The van der Waals surface area contributed by atoms with Crippen LogP contribution in [0.25, 0.3) is 0 Å². The Hall–Kier alpha value is -2.40. The number of anilines is 2. The predicted molar refractivity (Wildman–Crippen MR) is 115 cm³/mol. The summed E-state index contributed by atoms with van der Waals surface area (Å²) in [5.74, 6) is 1.37. The van der Waals surface area contributed by atoms with Crippen molar-refractivity contribution < 1.29 is 9.59 Å². The van der Waals surface area contributed by atoms with E-state index < -0.39 is 0 Å². The number of hydrogen-bond donors (Lipinski definition) is 1. The molecule has 0 radical (unpaired) electrons. The molecule has 152 valence electrons. The van der Waals surface area contributed by atoms with Crippen molar-refractivity contribution in [1.82, 2.24) is 4.98 Å². The van der Waals surface area contributed by atoms with Crippen molar-refractivity contribution in [3.05, 3.63) is 53.2 Å². The van der Waals surface area contributed by atoms with Gasteiger partial charge < -0.3 is 10.2 Å². The summed E-state index contributed by atoms with van der Waals surface area (Å²) < 4.78 is 0. The number of hydrogen-bond acceptors (Lipinski definition) is 3. The first-order chi connectivity index (χ1) is 13.9. The highest BCUT2D eigenvalue weighted by atomic mass is 35.5. The molecule has 5 nitrogen and oxygen atoms in total. The molecule has 29 heavy (non-hydrogen) atoms. The van der Waals surface area contributed by atoms with Crippen LogP contribution in [0.3, 0.4) is 0 Å². The molecule has 1 atom stereocenters. The summed E-state index contributed by atoms with van der Waals surface area (Å²) in [4.78, 5) is 31.9. The largest absolute Gasteiger partial charge is 0.312 e. The molecule has 6 heteroatoms. The minimum Gasteiger partial charge on any atom is -0.312 e. The first-order valence-corrected chi connectivity index (χ1v) is 10.6. The van der Waals surface area contributed by atoms with Gasteiger partial charge in [0, 0.05) is 29.5 Å². The molecule has 1 saturated heterocycles. The van der Waals surface area contributed by atoms with Crippen LogP contribution >= 0.6 is 11.6 Å².